The third kappa shape index (κ3) is 5.63. The first-order valence-electron chi connectivity index (χ1n) is 6.19. The van der Waals surface area contributed by atoms with E-state index in [9.17, 15) is 4.79 Å². The van der Waals surface area contributed by atoms with Gasteiger partial charge in [0.1, 0.15) is 5.75 Å². The van der Waals surface area contributed by atoms with Gasteiger partial charge < -0.3 is 15.4 Å². The molecule has 0 fully saturated rings. The minimum absolute atomic E-state index is 0.0203. The monoisotopic (exact) mass is 251 g/mol. The van der Waals surface area contributed by atoms with Gasteiger partial charge in [0.15, 0.2) is 6.61 Å². The number of nitrogens with one attached hydrogen (secondary N) is 2. The van der Waals surface area contributed by atoms with E-state index in [1.54, 1.807) is 6.20 Å². The fourth-order valence-electron chi connectivity index (χ4n) is 1.37. The molecule has 5 nitrogen and oxygen atoms in total. The van der Waals surface area contributed by atoms with Crippen molar-refractivity contribution in [3.05, 3.63) is 24.0 Å². The fourth-order valence-corrected chi connectivity index (χ4v) is 1.37. The Labute approximate surface area is 108 Å². The van der Waals surface area contributed by atoms with Crippen LogP contribution in [0.4, 0.5) is 0 Å². The summed E-state index contributed by atoms with van der Waals surface area (Å²) in [5, 5.41) is 5.95. The molecule has 0 saturated heterocycles. The summed E-state index contributed by atoms with van der Waals surface area (Å²) in [6, 6.07) is 3.84. The maximum absolute atomic E-state index is 11.4. The Balaban J connectivity index is 2.37. The Kier molecular flexibility index (Phi) is 6.14. The average molecular weight is 251 g/mol. The number of aromatic nitrogens is 1. The van der Waals surface area contributed by atoms with Gasteiger partial charge in [-0.1, -0.05) is 6.92 Å². The molecule has 1 amide bonds. The van der Waals surface area contributed by atoms with E-state index >= 15 is 0 Å². The number of hydrogen-bond acceptors (Lipinski definition) is 4. The lowest BCUT2D eigenvalue weighted by Crippen LogP contribution is -2.34. The van der Waals surface area contributed by atoms with Crippen LogP contribution in [0.15, 0.2) is 18.3 Å². The summed E-state index contributed by atoms with van der Waals surface area (Å²) in [6.45, 7) is 7.54. The van der Waals surface area contributed by atoms with Gasteiger partial charge >= 0.3 is 0 Å². The molecule has 1 heterocycles. The van der Waals surface area contributed by atoms with Crippen LogP contribution in [0.5, 0.6) is 5.75 Å². The smallest absolute Gasteiger partial charge is 0.258 e. The highest BCUT2D eigenvalue weighted by Gasteiger charge is 2.04. The van der Waals surface area contributed by atoms with Gasteiger partial charge in [0.25, 0.3) is 5.91 Å². The maximum atomic E-state index is 11.4. The van der Waals surface area contributed by atoms with Crippen molar-refractivity contribution in [1.82, 2.24) is 15.6 Å². The predicted octanol–water partition coefficient (Wildman–Crippen LogP) is 1.09. The molecule has 1 aromatic rings. The molecule has 100 valence electrons. The van der Waals surface area contributed by atoms with Crippen LogP contribution in [-0.4, -0.2) is 30.1 Å². The van der Waals surface area contributed by atoms with Gasteiger partial charge in [0.05, 0.1) is 11.9 Å². The molecule has 0 aliphatic heterocycles. The normalized spacial score (nSPS) is 10.4. The van der Waals surface area contributed by atoms with E-state index in [1.807, 2.05) is 32.9 Å². The molecule has 2 N–H and O–H groups in total. The van der Waals surface area contributed by atoms with E-state index in [4.69, 9.17) is 4.74 Å². The topological polar surface area (TPSA) is 63.2 Å². The van der Waals surface area contributed by atoms with Crippen molar-refractivity contribution in [2.45, 2.75) is 33.4 Å². The van der Waals surface area contributed by atoms with Crippen molar-refractivity contribution in [3.8, 4) is 5.75 Å². The van der Waals surface area contributed by atoms with Gasteiger partial charge in [-0.05, 0) is 32.5 Å². The number of nitrogens with zero attached hydrogens (tertiary/aromatic N) is 1. The lowest BCUT2D eigenvalue weighted by molar-refractivity contribution is -0.123. The molecule has 0 saturated carbocycles. The molecule has 0 atom stereocenters. The molecule has 0 aliphatic carbocycles. The highest BCUT2D eigenvalue weighted by Crippen LogP contribution is 2.08. The van der Waals surface area contributed by atoms with E-state index < -0.39 is 0 Å². The summed E-state index contributed by atoms with van der Waals surface area (Å²) in [7, 11) is 0. The summed E-state index contributed by atoms with van der Waals surface area (Å²) in [5.41, 5.74) is 0.954. The van der Waals surface area contributed by atoms with E-state index in [1.165, 1.54) is 0 Å². The van der Waals surface area contributed by atoms with Crippen LogP contribution >= 0.6 is 0 Å². The van der Waals surface area contributed by atoms with Crippen molar-refractivity contribution in [2.75, 3.05) is 13.2 Å². The lowest BCUT2D eigenvalue weighted by atomic mass is 10.3. The molecule has 5 heteroatoms. The number of amides is 1. The average Bonchev–Trinajstić information content (AvgIpc) is 2.34. The minimum atomic E-state index is -0.123. The third-order valence-corrected chi connectivity index (χ3v) is 2.17. The van der Waals surface area contributed by atoms with Gasteiger partial charge in [-0.15, -0.1) is 0 Å². The molecule has 0 spiro atoms. The molecule has 18 heavy (non-hydrogen) atoms. The van der Waals surface area contributed by atoms with Crippen LogP contribution in [0, 0.1) is 0 Å². The van der Waals surface area contributed by atoms with Gasteiger partial charge in [0, 0.05) is 12.6 Å². The first-order valence-corrected chi connectivity index (χ1v) is 6.19. The van der Waals surface area contributed by atoms with Crippen LogP contribution < -0.4 is 15.4 Å². The zero-order valence-corrected chi connectivity index (χ0v) is 11.2. The third-order valence-electron chi connectivity index (χ3n) is 2.17. The maximum Gasteiger partial charge on any atom is 0.258 e. The van der Waals surface area contributed by atoms with E-state index in [0.29, 0.717) is 5.75 Å². The SMILES string of the molecule is CCNCc1ccc(OCC(=O)NC(C)C)cn1. The fraction of sp³-hybridized carbons (Fsp3) is 0.538. The first-order chi connectivity index (χ1) is 8.61. The summed E-state index contributed by atoms with van der Waals surface area (Å²) in [6.07, 6.45) is 1.63. The number of carbonyl (C=O) groups excluding carboxylic acids is 1. The highest BCUT2D eigenvalue weighted by atomic mass is 16.5. The minimum Gasteiger partial charge on any atom is -0.482 e. The lowest BCUT2D eigenvalue weighted by Gasteiger charge is -2.09. The summed E-state index contributed by atoms with van der Waals surface area (Å²) in [4.78, 5) is 15.6. The Hall–Kier alpha value is -1.62. The van der Waals surface area contributed by atoms with Crippen LogP contribution in [0.2, 0.25) is 0 Å². The first kappa shape index (κ1) is 14.4. The van der Waals surface area contributed by atoms with E-state index in [0.717, 1.165) is 18.8 Å². The van der Waals surface area contributed by atoms with Crippen LogP contribution in [-0.2, 0) is 11.3 Å². The van der Waals surface area contributed by atoms with E-state index in [2.05, 4.69) is 15.6 Å². The van der Waals surface area contributed by atoms with Crippen LogP contribution in [0.25, 0.3) is 0 Å². The van der Waals surface area contributed by atoms with Crippen molar-refractivity contribution >= 4 is 5.91 Å². The standard InChI is InChI=1S/C13H21N3O2/c1-4-14-7-11-5-6-12(8-15-11)18-9-13(17)16-10(2)3/h5-6,8,10,14H,4,7,9H2,1-3H3,(H,16,17). The molecule has 0 aliphatic rings. The Bertz CT molecular complexity index is 363. The van der Waals surface area contributed by atoms with Crippen molar-refractivity contribution in [2.24, 2.45) is 0 Å². The Morgan fingerprint density at radius 1 is 1.44 bits per heavy atom. The molecule has 0 bridgehead atoms. The van der Waals surface area contributed by atoms with Crippen LogP contribution in [0.1, 0.15) is 26.5 Å². The number of hydrogen-bond donors (Lipinski definition) is 2. The number of pyridine rings is 1. The van der Waals surface area contributed by atoms with Crippen molar-refractivity contribution in [3.63, 3.8) is 0 Å². The van der Waals surface area contributed by atoms with E-state index in [-0.39, 0.29) is 18.6 Å². The van der Waals surface area contributed by atoms with Gasteiger partial charge in [-0.3, -0.25) is 9.78 Å². The van der Waals surface area contributed by atoms with Gasteiger partial charge in [-0.2, -0.15) is 0 Å². The highest BCUT2D eigenvalue weighted by molar-refractivity contribution is 5.77. The number of carbonyl (C=O) groups is 1. The zero-order valence-electron chi connectivity index (χ0n) is 11.2. The van der Waals surface area contributed by atoms with Gasteiger partial charge in [0.2, 0.25) is 0 Å². The van der Waals surface area contributed by atoms with Gasteiger partial charge in [-0.25, -0.2) is 0 Å². The molecule has 0 radical (unpaired) electrons. The number of rotatable bonds is 7. The molecule has 1 rings (SSSR count). The summed E-state index contributed by atoms with van der Waals surface area (Å²) >= 11 is 0. The van der Waals surface area contributed by atoms with Crippen molar-refractivity contribution in [1.29, 1.82) is 0 Å². The second-order valence-corrected chi connectivity index (χ2v) is 4.28. The Morgan fingerprint density at radius 3 is 2.78 bits per heavy atom. The predicted molar refractivity (Wildman–Crippen MR) is 70.4 cm³/mol. The summed E-state index contributed by atoms with van der Waals surface area (Å²) in [5.74, 6) is 0.482. The Morgan fingerprint density at radius 2 is 2.22 bits per heavy atom. The largest absolute Gasteiger partial charge is 0.482 e. The van der Waals surface area contributed by atoms with Crippen LogP contribution in [0.3, 0.4) is 0 Å². The summed E-state index contributed by atoms with van der Waals surface area (Å²) < 4.78 is 5.33. The quantitative estimate of drug-likeness (QED) is 0.761. The molecular weight excluding hydrogens is 230 g/mol. The molecular formula is C13H21N3O2. The zero-order chi connectivity index (χ0) is 13.4. The van der Waals surface area contributed by atoms with Crippen molar-refractivity contribution < 1.29 is 9.53 Å². The molecule has 0 aromatic carbocycles. The second kappa shape index (κ2) is 7.66. The number of ether oxygens (including phenoxy) is 1. The second-order valence-electron chi connectivity index (χ2n) is 4.28. The molecule has 0 unspecified atom stereocenters. The molecule has 1 aromatic heterocycles.